The molecule has 4 rings (SSSR count). The molecule has 1 fully saturated rings. The number of amides is 1. The highest BCUT2D eigenvalue weighted by Crippen LogP contribution is 2.27. The average molecular weight is 423 g/mol. The average Bonchev–Trinajstić information content (AvgIpc) is 2.79. The number of hydrogen-bond acceptors (Lipinski definition) is 4. The number of anilines is 1. The number of aryl methyl sites for hydroxylation is 2. The van der Waals surface area contributed by atoms with Crippen molar-refractivity contribution < 1.29 is 14.3 Å². The van der Waals surface area contributed by atoms with Crippen LogP contribution in [0.3, 0.4) is 0 Å². The van der Waals surface area contributed by atoms with E-state index >= 15 is 0 Å². The number of guanidine groups is 1. The third-order valence-corrected chi connectivity index (χ3v) is 5.74. The third-order valence-electron chi connectivity index (χ3n) is 5.74. The first-order valence-electron chi connectivity index (χ1n) is 10.8. The Morgan fingerprint density at radius 2 is 2.16 bits per heavy atom. The van der Waals surface area contributed by atoms with Crippen molar-refractivity contribution in [3.63, 3.8) is 0 Å². The maximum atomic E-state index is 11.5. The van der Waals surface area contributed by atoms with Crippen molar-refractivity contribution >= 4 is 17.6 Å². The molecule has 2 heterocycles. The fourth-order valence-corrected chi connectivity index (χ4v) is 4.09. The molecule has 0 aliphatic carbocycles. The first kappa shape index (κ1) is 21.2. The lowest BCUT2D eigenvalue weighted by Crippen LogP contribution is -2.49. The van der Waals surface area contributed by atoms with E-state index in [9.17, 15) is 4.79 Å². The zero-order valence-corrected chi connectivity index (χ0v) is 18.2. The molecule has 0 aromatic heterocycles. The van der Waals surface area contributed by atoms with Crippen molar-refractivity contribution in [2.45, 2.75) is 25.9 Å². The third kappa shape index (κ3) is 5.17. The van der Waals surface area contributed by atoms with Gasteiger partial charge in [0.2, 0.25) is 5.91 Å². The van der Waals surface area contributed by atoms with E-state index in [4.69, 9.17) is 9.47 Å². The maximum absolute atomic E-state index is 11.5. The summed E-state index contributed by atoms with van der Waals surface area (Å²) in [4.78, 5) is 18.2. The zero-order valence-electron chi connectivity index (χ0n) is 18.2. The molecular formula is C24H30N4O3. The molecule has 1 unspecified atom stereocenters. The number of fused-ring (bicyclic) bond motifs is 1. The molecule has 0 spiro atoms. The van der Waals surface area contributed by atoms with Crippen molar-refractivity contribution in [1.29, 1.82) is 0 Å². The normalized spacial score (nSPS) is 18.9. The fourth-order valence-electron chi connectivity index (χ4n) is 4.09. The van der Waals surface area contributed by atoms with Gasteiger partial charge in [-0.05, 0) is 48.2 Å². The van der Waals surface area contributed by atoms with Gasteiger partial charge in [0.25, 0.3) is 0 Å². The number of benzene rings is 2. The van der Waals surface area contributed by atoms with E-state index in [0.29, 0.717) is 26.2 Å². The van der Waals surface area contributed by atoms with Gasteiger partial charge in [0.05, 0.1) is 19.7 Å². The summed E-state index contributed by atoms with van der Waals surface area (Å²) < 4.78 is 11.9. The largest absolute Gasteiger partial charge is 0.492 e. The summed E-state index contributed by atoms with van der Waals surface area (Å²) in [6, 6.07) is 14.2. The molecule has 2 aromatic carbocycles. The topological polar surface area (TPSA) is 75.2 Å². The van der Waals surface area contributed by atoms with E-state index in [0.717, 1.165) is 42.5 Å². The van der Waals surface area contributed by atoms with Crippen molar-refractivity contribution in [3.8, 4) is 5.75 Å². The van der Waals surface area contributed by atoms with Crippen LogP contribution in [-0.2, 0) is 16.0 Å². The summed E-state index contributed by atoms with van der Waals surface area (Å²) in [5.41, 5.74) is 4.49. The molecular weight excluding hydrogens is 392 g/mol. The lowest BCUT2D eigenvalue weighted by atomic mass is 10.0. The van der Waals surface area contributed by atoms with Crippen molar-refractivity contribution in [2.24, 2.45) is 4.99 Å². The van der Waals surface area contributed by atoms with Crippen LogP contribution in [-0.4, -0.2) is 56.7 Å². The van der Waals surface area contributed by atoms with Gasteiger partial charge in [-0.15, -0.1) is 0 Å². The number of morpholine rings is 1. The predicted octanol–water partition coefficient (Wildman–Crippen LogP) is 2.91. The summed E-state index contributed by atoms with van der Waals surface area (Å²) in [6.45, 7) is 5.53. The number of hydrogen-bond donors (Lipinski definition) is 2. The van der Waals surface area contributed by atoms with E-state index in [1.807, 2.05) is 18.2 Å². The minimum atomic E-state index is 0.0423. The van der Waals surface area contributed by atoms with Gasteiger partial charge in [0, 0.05) is 25.7 Å². The standard InChI is InChI=1S/C24H30N4O3/c1-17-5-3-4-6-20(17)22-16-28(12-14-31-22)24(25-2)26-11-13-30-19-8-9-21-18(15-19)7-10-23(29)27-21/h3-6,8-9,15,22H,7,10-14,16H2,1-2H3,(H,25,26)(H,27,29). The van der Waals surface area contributed by atoms with Gasteiger partial charge in [-0.25, -0.2) is 0 Å². The van der Waals surface area contributed by atoms with E-state index in [1.165, 1.54) is 11.1 Å². The van der Waals surface area contributed by atoms with Gasteiger partial charge in [0.15, 0.2) is 5.96 Å². The molecule has 1 atom stereocenters. The Morgan fingerprint density at radius 3 is 3.00 bits per heavy atom. The molecule has 2 N–H and O–H groups in total. The Balaban J connectivity index is 1.28. The Bertz CT molecular complexity index is 960. The second-order valence-corrected chi connectivity index (χ2v) is 7.85. The van der Waals surface area contributed by atoms with E-state index in [2.05, 4.69) is 51.7 Å². The van der Waals surface area contributed by atoms with Gasteiger partial charge >= 0.3 is 0 Å². The van der Waals surface area contributed by atoms with E-state index < -0.39 is 0 Å². The number of carbonyl (C=O) groups excluding carboxylic acids is 1. The van der Waals surface area contributed by atoms with Gasteiger partial charge in [-0.2, -0.15) is 0 Å². The van der Waals surface area contributed by atoms with Crippen LogP contribution < -0.4 is 15.4 Å². The number of ether oxygens (including phenoxy) is 2. The summed E-state index contributed by atoms with van der Waals surface area (Å²) in [6.07, 6.45) is 1.32. The number of rotatable bonds is 5. The number of nitrogens with zero attached hydrogens (tertiary/aromatic N) is 2. The molecule has 1 amide bonds. The lowest BCUT2D eigenvalue weighted by molar-refractivity contribution is -0.116. The molecule has 7 heteroatoms. The maximum Gasteiger partial charge on any atom is 0.224 e. The van der Waals surface area contributed by atoms with E-state index in [1.54, 1.807) is 7.05 Å². The molecule has 1 saturated heterocycles. The number of nitrogens with one attached hydrogen (secondary N) is 2. The molecule has 2 aliphatic rings. The molecule has 2 aliphatic heterocycles. The van der Waals surface area contributed by atoms with Crippen molar-refractivity contribution in [1.82, 2.24) is 10.2 Å². The zero-order chi connectivity index (χ0) is 21.6. The smallest absolute Gasteiger partial charge is 0.224 e. The quantitative estimate of drug-likeness (QED) is 0.440. The van der Waals surface area contributed by atoms with Gasteiger partial charge < -0.3 is 25.0 Å². The Hall–Kier alpha value is -3.06. The first-order valence-corrected chi connectivity index (χ1v) is 10.8. The molecule has 0 bridgehead atoms. The van der Waals surface area contributed by atoms with Crippen LogP contribution in [0.15, 0.2) is 47.5 Å². The minimum Gasteiger partial charge on any atom is -0.492 e. The summed E-state index contributed by atoms with van der Waals surface area (Å²) in [5.74, 6) is 1.75. The predicted molar refractivity (Wildman–Crippen MR) is 122 cm³/mol. The second-order valence-electron chi connectivity index (χ2n) is 7.85. The highest BCUT2D eigenvalue weighted by Gasteiger charge is 2.25. The highest BCUT2D eigenvalue weighted by atomic mass is 16.5. The number of carbonyl (C=O) groups is 1. The van der Waals surface area contributed by atoms with Gasteiger partial charge in [-0.3, -0.25) is 9.79 Å². The number of aliphatic imine (C=N–C) groups is 1. The van der Waals surface area contributed by atoms with Gasteiger partial charge in [-0.1, -0.05) is 24.3 Å². The molecule has 31 heavy (non-hydrogen) atoms. The van der Waals surface area contributed by atoms with Crippen LogP contribution in [0.1, 0.15) is 29.2 Å². The van der Waals surface area contributed by atoms with Crippen LogP contribution >= 0.6 is 0 Å². The summed E-state index contributed by atoms with van der Waals surface area (Å²) in [7, 11) is 1.80. The minimum absolute atomic E-state index is 0.0423. The summed E-state index contributed by atoms with van der Waals surface area (Å²) >= 11 is 0. The van der Waals surface area contributed by atoms with Crippen LogP contribution in [0, 0.1) is 6.92 Å². The van der Waals surface area contributed by atoms with Gasteiger partial charge in [0.1, 0.15) is 18.5 Å². The SMILES string of the molecule is CN=C(NCCOc1ccc2c(c1)CCC(=O)N2)N1CCOC(c2ccccc2C)C1. The monoisotopic (exact) mass is 422 g/mol. The Morgan fingerprint density at radius 1 is 1.29 bits per heavy atom. The molecule has 0 saturated carbocycles. The fraction of sp³-hybridized carbons (Fsp3) is 0.417. The van der Waals surface area contributed by atoms with Crippen LogP contribution in [0.2, 0.25) is 0 Å². The van der Waals surface area contributed by atoms with Crippen molar-refractivity contribution in [2.75, 3.05) is 45.2 Å². The Kier molecular flexibility index (Phi) is 6.72. The van der Waals surface area contributed by atoms with Crippen LogP contribution in [0.5, 0.6) is 5.75 Å². The second kappa shape index (κ2) is 9.83. The van der Waals surface area contributed by atoms with Crippen molar-refractivity contribution in [3.05, 3.63) is 59.2 Å². The van der Waals surface area contributed by atoms with Crippen LogP contribution in [0.25, 0.3) is 0 Å². The molecule has 0 radical (unpaired) electrons. The molecule has 2 aromatic rings. The molecule has 164 valence electrons. The van der Waals surface area contributed by atoms with E-state index in [-0.39, 0.29) is 12.0 Å². The lowest BCUT2D eigenvalue weighted by Gasteiger charge is -2.35. The highest BCUT2D eigenvalue weighted by molar-refractivity contribution is 5.94. The van der Waals surface area contributed by atoms with Crippen LogP contribution in [0.4, 0.5) is 5.69 Å². The summed E-state index contributed by atoms with van der Waals surface area (Å²) in [5, 5.41) is 6.30. The Labute approximate surface area is 183 Å². The first-order chi connectivity index (χ1) is 15.1. The molecule has 7 nitrogen and oxygen atoms in total.